The minimum absolute atomic E-state index is 0.138. The summed E-state index contributed by atoms with van der Waals surface area (Å²) in [7, 11) is 5.35. The Morgan fingerprint density at radius 3 is 2.42 bits per heavy atom. The largest absolute Gasteiger partial charge is 0.497 e. The van der Waals surface area contributed by atoms with Crippen LogP contribution >= 0.6 is 0 Å². The van der Waals surface area contributed by atoms with Crippen molar-refractivity contribution in [2.24, 2.45) is 0 Å². The van der Waals surface area contributed by atoms with Crippen molar-refractivity contribution >= 4 is 0 Å². The van der Waals surface area contributed by atoms with Crippen LogP contribution in [0.3, 0.4) is 0 Å². The lowest BCUT2D eigenvalue weighted by Crippen LogP contribution is -2.45. The predicted octanol–water partition coefficient (Wildman–Crippen LogP) is 1.95. The zero-order chi connectivity index (χ0) is 14.5. The summed E-state index contributed by atoms with van der Waals surface area (Å²) >= 11 is 0. The minimum atomic E-state index is -0.216. The number of hydrogen-bond acceptors (Lipinski definition) is 4. The van der Waals surface area contributed by atoms with Crippen molar-refractivity contribution in [3.63, 3.8) is 0 Å². The molecule has 0 unspecified atom stereocenters. The molecule has 0 aliphatic carbocycles. The SMILES string of the molecule is COc1ccc(OC)c(CCN(C)C(C)(C)CO)c1. The fourth-order valence-corrected chi connectivity index (χ4v) is 1.79. The molecule has 0 heterocycles. The van der Waals surface area contributed by atoms with Crippen LogP contribution in [0.15, 0.2) is 18.2 Å². The van der Waals surface area contributed by atoms with Gasteiger partial charge in [0.1, 0.15) is 11.5 Å². The average molecular weight is 267 g/mol. The molecule has 1 aromatic carbocycles. The van der Waals surface area contributed by atoms with Crippen molar-refractivity contribution in [3.05, 3.63) is 23.8 Å². The first-order valence-electron chi connectivity index (χ1n) is 6.47. The van der Waals surface area contributed by atoms with Crippen molar-refractivity contribution in [2.75, 3.05) is 34.4 Å². The van der Waals surface area contributed by atoms with Crippen LogP contribution in [0.2, 0.25) is 0 Å². The van der Waals surface area contributed by atoms with E-state index in [9.17, 15) is 5.11 Å². The zero-order valence-electron chi connectivity index (χ0n) is 12.6. The van der Waals surface area contributed by atoms with Crippen LogP contribution in [0, 0.1) is 0 Å². The van der Waals surface area contributed by atoms with Gasteiger partial charge in [-0.3, -0.25) is 4.90 Å². The molecule has 0 aromatic heterocycles. The maximum atomic E-state index is 9.36. The van der Waals surface area contributed by atoms with Gasteiger partial charge >= 0.3 is 0 Å². The molecule has 0 saturated carbocycles. The second-order valence-corrected chi connectivity index (χ2v) is 5.32. The van der Waals surface area contributed by atoms with Gasteiger partial charge in [-0.2, -0.15) is 0 Å². The van der Waals surface area contributed by atoms with Gasteiger partial charge < -0.3 is 14.6 Å². The molecular formula is C15H25NO3. The van der Waals surface area contributed by atoms with Crippen molar-refractivity contribution in [2.45, 2.75) is 25.8 Å². The second kappa shape index (κ2) is 6.78. The third-order valence-electron chi connectivity index (χ3n) is 3.62. The normalized spacial score (nSPS) is 11.7. The van der Waals surface area contributed by atoms with E-state index in [2.05, 4.69) is 4.90 Å². The Morgan fingerprint density at radius 2 is 1.89 bits per heavy atom. The highest BCUT2D eigenvalue weighted by Crippen LogP contribution is 2.25. The first-order valence-corrected chi connectivity index (χ1v) is 6.47. The lowest BCUT2D eigenvalue weighted by Gasteiger charge is -2.34. The number of aliphatic hydroxyl groups excluding tert-OH is 1. The molecule has 1 aromatic rings. The molecule has 0 amide bonds. The molecule has 0 saturated heterocycles. The summed E-state index contributed by atoms with van der Waals surface area (Å²) < 4.78 is 10.6. The summed E-state index contributed by atoms with van der Waals surface area (Å²) in [6.07, 6.45) is 0.848. The number of nitrogens with zero attached hydrogens (tertiary/aromatic N) is 1. The van der Waals surface area contributed by atoms with Crippen LogP contribution in [0.4, 0.5) is 0 Å². The van der Waals surface area contributed by atoms with E-state index >= 15 is 0 Å². The Balaban J connectivity index is 2.76. The quantitative estimate of drug-likeness (QED) is 0.820. The van der Waals surface area contributed by atoms with Gasteiger partial charge in [-0.1, -0.05) is 0 Å². The lowest BCUT2D eigenvalue weighted by atomic mass is 10.0. The van der Waals surface area contributed by atoms with E-state index in [1.807, 2.05) is 39.1 Å². The average Bonchev–Trinajstić information content (AvgIpc) is 2.44. The lowest BCUT2D eigenvalue weighted by molar-refractivity contribution is 0.0799. The molecular weight excluding hydrogens is 242 g/mol. The van der Waals surface area contributed by atoms with E-state index in [4.69, 9.17) is 9.47 Å². The predicted molar refractivity (Wildman–Crippen MR) is 77.0 cm³/mol. The highest BCUT2D eigenvalue weighted by Gasteiger charge is 2.22. The first kappa shape index (κ1) is 15.8. The van der Waals surface area contributed by atoms with E-state index in [-0.39, 0.29) is 12.1 Å². The van der Waals surface area contributed by atoms with E-state index < -0.39 is 0 Å². The van der Waals surface area contributed by atoms with E-state index in [0.717, 1.165) is 30.0 Å². The second-order valence-electron chi connectivity index (χ2n) is 5.32. The fraction of sp³-hybridized carbons (Fsp3) is 0.600. The maximum absolute atomic E-state index is 9.36. The molecule has 108 valence electrons. The van der Waals surface area contributed by atoms with Gasteiger partial charge in [0.15, 0.2) is 0 Å². The molecule has 1 N–H and O–H groups in total. The zero-order valence-corrected chi connectivity index (χ0v) is 12.6. The highest BCUT2D eigenvalue weighted by molar-refractivity contribution is 5.40. The first-order chi connectivity index (χ1) is 8.94. The van der Waals surface area contributed by atoms with Crippen molar-refractivity contribution in [1.82, 2.24) is 4.90 Å². The summed E-state index contributed by atoms with van der Waals surface area (Å²) in [5.74, 6) is 1.70. The van der Waals surface area contributed by atoms with Crippen molar-refractivity contribution in [3.8, 4) is 11.5 Å². The molecule has 4 heteroatoms. The number of benzene rings is 1. The summed E-state index contributed by atoms with van der Waals surface area (Å²) in [5, 5.41) is 9.36. The molecule has 0 aliphatic heterocycles. The summed E-state index contributed by atoms with van der Waals surface area (Å²) in [5.41, 5.74) is 0.897. The molecule has 0 radical (unpaired) electrons. The van der Waals surface area contributed by atoms with Gasteiger partial charge in [-0.15, -0.1) is 0 Å². The van der Waals surface area contributed by atoms with E-state index in [1.54, 1.807) is 14.2 Å². The molecule has 0 spiro atoms. The minimum Gasteiger partial charge on any atom is -0.497 e. The number of aliphatic hydroxyl groups is 1. The van der Waals surface area contributed by atoms with Gasteiger partial charge in [0.05, 0.1) is 20.8 Å². The monoisotopic (exact) mass is 267 g/mol. The highest BCUT2D eigenvalue weighted by atomic mass is 16.5. The number of likely N-dealkylation sites (N-methyl/N-ethyl adjacent to an activating group) is 1. The Bertz CT molecular complexity index is 404. The van der Waals surface area contributed by atoms with E-state index in [0.29, 0.717) is 0 Å². The van der Waals surface area contributed by atoms with Crippen molar-refractivity contribution < 1.29 is 14.6 Å². The van der Waals surface area contributed by atoms with Crippen LogP contribution < -0.4 is 9.47 Å². The summed E-state index contributed by atoms with van der Waals surface area (Å²) in [6.45, 7) is 5.03. The molecule has 0 fully saturated rings. The maximum Gasteiger partial charge on any atom is 0.122 e. The van der Waals surface area contributed by atoms with Gasteiger partial charge in [0.2, 0.25) is 0 Å². The Labute approximate surface area is 115 Å². The summed E-state index contributed by atoms with van der Waals surface area (Å²) in [4.78, 5) is 2.14. The number of rotatable bonds is 7. The van der Waals surface area contributed by atoms with Gasteiger partial charge in [-0.05, 0) is 51.1 Å². The Hall–Kier alpha value is -1.26. The topological polar surface area (TPSA) is 41.9 Å². The number of hydrogen-bond donors (Lipinski definition) is 1. The smallest absolute Gasteiger partial charge is 0.122 e. The van der Waals surface area contributed by atoms with E-state index in [1.165, 1.54) is 0 Å². The molecule has 19 heavy (non-hydrogen) atoms. The van der Waals surface area contributed by atoms with Crippen LogP contribution in [-0.2, 0) is 6.42 Å². The van der Waals surface area contributed by atoms with Gasteiger partial charge in [-0.25, -0.2) is 0 Å². The Morgan fingerprint density at radius 1 is 1.21 bits per heavy atom. The molecule has 0 atom stereocenters. The third-order valence-corrected chi connectivity index (χ3v) is 3.62. The van der Waals surface area contributed by atoms with Gasteiger partial charge in [0.25, 0.3) is 0 Å². The third kappa shape index (κ3) is 4.11. The van der Waals surface area contributed by atoms with Crippen LogP contribution in [0.25, 0.3) is 0 Å². The van der Waals surface area contributed by atoms with Crippen LogP contribution in [0.1, 0.15) is 19.4 Å². The van der Waals surface area contributed by atoms with Crippen LogP contribution in [0.5, 0.6) is 11.5 Å². The molecule has 4 nitrogen and oxygen atoms in total. The van der Waals surface area contributed by atoms with Crippen molar-refractivity contribution in [1.29, 1.82) is 0 Å². The van der Waals surface area contributed by atoms with Crippen LogP contribution in [-0.4, -0.2) is 50.0 Å². The number of methoxy groups -OCH3 is 2. The summed E-state index contributed by atoms with van der Waals surface area (Å²) in [6, 6.07) is 5.81. The molecule has 0 aliphatic rings. The standard InChI is InChI=1S/C15H25NO3/c1-15(2,11-17)16(3)9-8-12-10-13(18-4)6-7-14(12)19-5/h6-7,10,17H,8-9,11H2,1-5H3. The fourth-order valence-electron chi connectivity index (χ4n) is 1.79. The number of ether oxygens (including phenoxy) is 2. The van der Waals surface area contributed by atoms with Gasteiger partial charge in [0, 0.05) is 12.1 Å². The molecule has 0 bridgehead atoms. The molecule has 1 rings (SSSR count). The Kier molecular flexibility index (Phi) is 5.63.